The third-order valence-corrected chi connectivity index (χ3v) is 3.05. The van der Waals surface area contributed by atoms with Gasteiger partial charge in [0.2, 0.25) is 0 Å². The van der Waals surface area contributed by atoms with E-state index in [0.29, 0.717) is 5.41 Å². The van der Waals surface area contributed by atoms with Crippen molar-refractivity contribution >= 4 is 0 Å². The molecule has 1 aromatic heterocycles. The molecule has 2 nitrogen and oxygen atoms in total. The maximum Gasteiger partial charge on any atom is 0.122 e. The lowest BCUT2D eigenvalue weighted by molar-refractivity contribution is 0.168. The average Bonchev–Trinajstić information content (AvgIpc) is 2.65. The summed E-state index contributed by atoms with van der Waals surface area (Å²) in [6.07, 6.45) is 8.86. The highest BCUT2D eigenvalue weighted by molar-refractivity contribution is 5.16. The first-order valence-corrected chi connectivity index (χ1v) is 5.31. The van der Waals surface area contributed by atoms with Crippen molar-refractivity contribution < 1.29 is 4.74 Å². The van der Waals surface area contributed by atoms with Crippen molar-refractivity contribution in [3.8, 4) is 5.75 Å². The Morgan fingerprint density at radius 1 is 1.29 bits per heavy atom. The fraction of sp³-hybridized carbons (Fsp3) is 0.583. The second kappa shape index (κ2) is 3.99. The van der Waals surface area contributed by atoms with Gasteiger partial charge in [-0.15, -0.1) is 0 Å². The third kappa shape index (κ3) is 2.25. The van der Waals surface area contributed by atoms with Crippen LogP contribution in [0.2, 0.25) is 0 Å². The summed E-state index contributed by atoms with van der Waals surface area (Å²) in [6, 6.07) is 3.83. The monoisotopic (exact) mass is 191 g/mol. The van der Waals surface area contributed by atoms with Gasteiger partial charge in [-0.1, -0.05) is 19.8 Å². The van der Waals surface area contributed by atoms with Crippen molar-refractivity contribution in [1.29, 1.82) is 0 Å². The first-order valence-electron chi connectivity index (χ1n) is 5.31. The van der Waals surface area contributed by atoms with Crippen LogP contribution in [0.4, 0.5) is 0 Å². The minimum absolute atomic E-state index is 0.406. The zero-order chi connectivity index (χ0) is 9.86. The zero-order valence-corrected chi connectivity index (χ0v) is 8.70. The number of hydrogen-bond donors (Lipinski definition) is 0. The molecule has 0 N–H and O–H groups in total. The smallest absolute Gasteiger partial charge is 0.122 e. The van der Waals surface area contributed by atoms with E-state index in [1.54, 1.807) is 12.4 Å². The molecule has 0 aromatic carbocycles. The number of nitrogens with zero attached hydrogens (tertiary/aromatic N) is 1. The van der Waals surface area contributed by atoms with Crippen LogP contribution in [0.1, 0.15) is 32.6 Å². The van der Waals surface area contributed by atoms with Crippen molar-refractivity contribution in [1.82, 2.24) is 4.98 Å². The van der Waals surface area contributed by atoms with Gasteiger partial charge in [0.15, 0.2) is 0 Å². The molecule has 1 aliphatic rings. The van der Waals surface area contributed by atoms with Gasteiger partial charge in [-0.25, -0.2) is 0 Å². The van der Waals surface area contributed by atoms with Gasteiger partial charge < -0.3 is 4.74 Å². The summed E-state index contributed by atoms with van der Waals surface area (Å²) in [4.78, 5) is 3.96. The van der Waals surface area contributed by atoms with Gasteiger partial charge in [0, 0.05) is 17.8 Å². The highest BCUT2D eigenvalue weighted by Gasteiger charge is 2.29. The SMILES string of the molecule is CC1(COc2ccncc2)CCCC1. The Bertz CT molecular complexity index is 278. The van der Waals surface area contributed by atoms with Crippen molar-refractivity contribution in [2.75, 3.05) is 6.61 Å². The molecule has 0 saturated heterocycles. The van der Waals surface area contributed by atoms with Gasteiger partial charge >= 0.3 is 0 Å². The van der Waals surface area contributed by atoms with Crippen LogP contribution < -0.4 is 4.74 Å². The van der Waals surface area contributed by atoms with Crippen LogP contribution in [0.3, 0.4) is 0 Å². The molecule has 2 rings (SSSR count). The van der Waals surface area contributed by atoms with E-state index >= 15 is 0 Å². The summed E-state index contributed by atoms with van der Waals surface area (Å²) in [5, 5.41) is 0. The second-order valence-electron chi connectivity index (χ2n) is 4.49. The Hall–Kier alpha value is -1.05. The lowest BCUT2D eigenvalue weighted by Gasteiger charge is -2.23. The first-order chi connectivity index (χ1) is 6.79. The lowest BCUT2D eigenvalue weighted by atomic mass is 9.90. The standard InChI is InChI=1S/C12H17NO/c1-12(6-2-3-7-12)10-14-11-4-8-13-9-5-11/h4-5,8-9H,2-3,6-7,10H2,1H3. The molecule has 14 heavy (non-hydrogen) atoms. The Balaban J connectivity index is 1.88. The zero-order valence-electron chi connectivity index (χ0n) is 8.70. The minimum atomic E-state index is 0.406. The Morgan fingerprint density at radius 3 is 2.57 bits per heavy atom. The fourth-order valence-corrected chi connectivity index (χ4v) is 2.06. The third-order valence-electron chi connectivity index (χ3n) is 3.05. The van der Waals surface area contributed by atoms with Gasteiger partial charge in [-0.05, 0) is 25.0 Å². The van der Waals surface area contributed by atoms with Crippen LogP contribution in [0.25, 0.3) is 0 Å². The Labute approximate surface area is 85.3 Å². The molecule has 0 bridgehead atoms. The van der Waals surface area contributed by atoms with Crippen molar-refractivity contribution in [2.45, 2.75) is 32.6 Å². The van der Waals surface area contributed by atoms with Gasteiger partial charge in [0.05, 0.1) is 6.61 Å². The van der Waals surface area contributed by atoms with Gasteiger partial charge in [0.1, 0.15) is 5.75 Å². The number of rotatable bonds is 3. The molecule has 1 aromatic rings. The van der Waals surface area contributed by atoms with Crippen LogP contribution in [-0.2, 0) is 0 Å². The molecule has 0 unspecified atom stereocenters. The summed E-state index contributed by atoms with van der Waals surface area (Å²) >= 11 is 0. The predicted octanol–water partition coefficient (Wildman–Crippen LogP) is 3.04. The molecule has 0 radical (unpaired) electrons. The van der Waals surface area contributed by atoms with Gasteiger partial charge in [-0.2, -0.15) is 0 Å². The summed E-state index contributed by atoms with van der Waals surface area (Å²) in [6.45, 7) is 3.16. The molecule has 0 amide bonds. The normalized spacial score (nSPS) is 19.5. The van der Waals surface area contributed by atoms with Crippen molar-refractivity contribution in [3.05, 3.63) is 24.5 Å². The topological polar surface area (TPSA) is 22.1 Å². The second-order valence-corrected chi connectivity index (χ2v) is 4.49. The summed E-state index contributed by atoms with van der Waals surface area (Å²) < 4.78 is 5.75. The summed E-state index contributed by atoms with van der Waals surface area (Å²) in [5.41, 5.74) is 0.406. The van der Waals surface area contributed by atoms with E-state index in [9.17, 15) is 0 Å². The Kier molecular flexibility index (Phi) is 2.71. The first kappa shape index (κ1) is 9.50. The molecular weight excluding hydrogens is 174 g/mol. The molecule has 1 saturated carbocycles. The fourth-order valence-electron chi connectivity index (χ4n) is 2.06. The maximum absolute atomic E-state index is 5.75. The average molecular weight is 191 g/mol. The number of ether oxygens (including phenoxy) is 1. The minimum Gasteiger partial charge on any atom is -0.493 e. The molecule has 2 heteroatoms. The van der Waals surface area contributed by atoms with E-state index in [4.69, 9.17) is 4.74 Å². The number of hydrogen-bond acceptors (Lipinski definition) is 2. The van der Waals surface area contributed by atoms with Crippen LogP contribution in [0.5, 0.6) is 5.75 Å². The van der Waals surface area contributed by atoms with E-state index < -0.39 is 0 Å². The van der Waals surface area contributed by atoms with Crippen LogP contribution >= 0.6 is 0 Å². The van der Waals surface area contributed by atoms with E-state index in [1.807, 2.05) is 12.1 Å². The van der Waals surface area contributed by atoms with E-state index in [-0.39, 0.29) is 0 Å². The highest BCUT2D eigenvalue weighted by atomic mass is 16.5. The number of aromatic nitrogens is 1. The lowest BCUT2D eigenvalue weighted by Crippen LogP contribution is -2.21. The van der Waals surface area contributed by atoms with E-state index in [1.165, 1.54) is 25.7 Å². The quantitative estimate of drug-likeness (QED) is 0.732. The van der Waals surface area contributed by atoms with Crippen LogP contribution in [0.15, 0.2) is 24.5 Å². The Morgan fingerprint density at radius 2 is 1.93 bits per heavy atom. The van der Waals surface area contributed by atoms with Crippen LogP contribution in [-0.4, -0.2) is 11.6 Å². The largest absolute Gasteiger partial charge is 0.493 e. The highest BCUT2D eigenvalue weighted by Crippen LogP contribution is 2.37. The number of pyridine rings is 1. The molecule has 76 valence electrons. The van der Waals surface area contributed by atoms with E-state index in [2.05, 4.69) is 11.9 Å². The molecule has 0 aliphatic heterocycles. The molecular formula is C12H17NO. The van der Waals surface area contributed by atoms with Crippen molar-refractivity contribution in [2.24, 2.45) is 5.41 Å². The van der Waals surface area contributed by atoms with Crippen molar-refractivity contribution in [3.63, 3.8) is 0 Å². The predicted molar refractivity (Wildman–Crippen MR) is 56.3 cm³/mol. The molecule has 0 atom stereocenters. The van der Waals surface area contributed by atoms with E-state index in [0.717, 1.165) is 12.4 Å². The van der Waals surface area contributed by atoms with Crippen LogP contribution in [0, 0.1) is 5.41 Å². The van der Waals surface area contributed by atoms with Gasteiger partial charge in [0.25, 0.3) is 0 Å². The van der Waals surface area contributed by atoms with Gasteiger partial charge in [-0.3, -0.25) is 4.98 Å². The maximum atomic E-state index is 5.75. The molecule has 1 aliphatic carbocycles. The molecule has 1 fully saturated rings. The summed E-state index contributed by atoms with van der Waals surface area (Å²) in [5.74, 6) is 0.938. The molecule has 0 spiro atoms. The summed E-state index contributed by atoms with van der Waals surface area (Å²) in [7, 11) is 0. The molecule has 1 heterocycles.